The summed E-state index contributed by atoms with van der Waals surface area (Å²) in [6.45, 7) is -0.133. The van der Waals surface area contributed by atoms with Gasteiger partial charge in [-0.3, -0.25) is 0 Å². The van der Waals surface area contributed by atoms with E-state index in [0.717, 1.165) is 4.47 Å². The number of nitrogens with two attached hydrogens (primary N) is 1. The molecule has 5 nitrogen and oxygen atoms in total. The van der Waals surface area contributed by atoms with E-state index in [1.165, 1.54) is 6.07 Å². The zero-order chi connectivity index (χ0) is 15.2. The summed E-state index contributed by atoms with van der Waals surface area (Å²) in [7, 11) is 0. The molecule has 0 aliphatic carbocycles. The van der Waals surface area contributed by atoms with Crippen LogP contribution >= 0.6 is 15.9 Å². The van der Waals surface area contributed by atoms with Gasteiger partial charge in [-0.25, -0.2) is 4.79 Å². The summed E-state index contributed by atoms with van der Waals surface area (Å²) in [5.41, 5.74) is 7.37. The van der Waals surface area contributed by atoms with E-state index in [1.54, 1.807) is 42.5 Å². The van der Waals surface area contributed by atoms with Crippen molar-refractivity contribution in [1.29, 1.82) is 0 Å². The van der Waals surface area contributed by atoms with Crippen molar-refractivity contribution in [3.63, 3.8) is 0 Å². The molecule has 0 fully saturated rings. The molecule has 2 aromatic carbocycles. The van der Waals surface area contributed by atoms with Crippen LogP contribution < -0.4 is 5.73 Å². The average molecular weight is 349 g/mol. The van der Waals surface area contributed by atoms with Gasteiger partial charge in [0.05, 0.1) is 5.56 Å². The van der Waals surface area contributed by atoms with Gasteiger partial charge in [0.2, 0.25) is 0 Å². The number of halogens is 1. The van der Waals surface area contributed by atoms with Gasteiger partial charge in [0.1, 0.15) is 12.3 Å². The minimum atomic E-state index is -0.527. The molecule has 0 aliphatic heterocycles. The number of benzene rings is 2. The number of hydrogen-bond acceptors (Lipinski definition) is 5. The first-order chi connectivity index (χ1) is 10.1. The summed E-state index contributed by atoms with van der Waals surface area (Å²) in [4.78, 5) is 11.9. The van der Waals surface area contributed by atoms with Crippen LogP contribution in [0.5, 0.6) is 0 Å². The van der Waals surface area contributed by atoms with Crippen molar-refractivity contribution in [3.8, 4) is 0 Å². The van der Waals surface area contributed by atoms with Gasteiger partial charge in [-0.2, -0.15) is 0 Å². The largest absolute Gasteiger partial charge is 0.455 e. The number of carbonyl (C=O) groups excluding carboxylic acids is 1. The van der Waals surface area contributed by atoms with Crippen molar-refractivity contribution < 1.29 is 14.7 Å². The highest BCUT2D eigenvalue weighted by Gasteiger charge is 2.11. The van der Waals surface area contributed by atoms with Crippen LogP contribution in [-0.4, -0.2) is 23.5 Å². The Morgan fingerprint density at radius 2 is 1.90 bits per heavy atom. The van der Waals surface area contributed by atoms with Gasteiger partial charge in [-0.1, -0.05) is 39.3 Å². The number of esters is 1. The maximum Gasteiger partial charge on any atom is 0.338 e. The summed E-state index contributed by atoms with van der Waals surface area (Å²) >= 11 is 3.32. The maximum absolute atomic E-state index is 11.9. The number of carbonyl (C=O) groups is 1. The Balaban J connectivity index is 2.04. The Kier molecular flexibility index (Phi) is 4.94. The summed E-state index contributed by atoms with van der Waals surface area (Å²) in [6, 6.07) is 13.6. The van der Waals surface area contributed by atoms with Gasteiger partial charge in [-0.15, -0.1) is 0 Å². The Morgan fingerprint density at radius 1 is 1.19 bits per heavy atom. The monoisotopic (exact) mass is 348 g/mol. The zero-order valence-electron chi connectivity index (χ0n) is 11.0. The van der Waals surface area contributed by atoms with E-state index in [-0.39, 0.29) is 12.3 Å². The van der Waals surface area contributed by atoms with Crippen molar-refractivity contribution in [2.24, 2.45) is 5.16 Å². The minimum absolute atomic E-state index is 0.133. The lowest BCUT2D eigenvalue weighted by Gasteiger charge is -2.07. The van der Waals surface area contributed by atoms with E-state index < -0.39 is 5.97 Å². The van der Waals surface area contributed by atoms with Gasteiger partial charge in [0, 0.05) is 15.7 Å². The summed E-state index contributed by atoms with van der Waals surface area (Å²) in [6.07, 6.45) is 0. The van der Waals surface area contributed by atoms with Gasteiger partial charge in [-0.05, 0) is 30.3 Å². The predicted octanol–water partition coefficient (Wildman–Crippen LogP) is 3.07. The third-order valence-electron chi connectivity index (χ3n) is 2.76. The lowest BCUT2D eigenvalue weighted by atomic mass is 10.1. The SMILES string of the molecule is Nc1cccc(C(=O)OC/C(=N\O)c2ccc(Br)cc2)c1. The summed E-state index contributed by atoms with van der Waals surface area (Å²) in [5, 5.41) is 12.2. The van der Waals surface area contributed by atoms with E-state index in [9.17, 15) is 4.79 Å². The van der Waals surface area contributed by atoms with E-state index in [4.69, 9.17) is 15.7 Å². The molecule has 0 radical (unpaired) electrons. The number of ether oxygens (including phenoxy) is 1. The molecule has 0 saturated carbocycles. The van der Waals surface area contributed by atoms with Crippen molar-refractivity contribution in [2.45, 2.75) is 0 Å². The standard InChI is InChI=1S/C15H13BrN2O3/c16-12-6-4-10(5-7-12)14(18-20)9-21-15(19)11-2-1-3-13(17)8-11/h1-8,20H,9,17H2/b18-14+. The van der Waals surface area contributed by atoms with Gasteiger partial charge >= 0.3 is 5.97 Å². The molecule has 0 aromatic heterocycles. The van der Waals surface area contributed by atoms with Gasteiger partial charge in [0.15, 0.2) is 0 Å². The van der Waals surface area contributed by atoms with Crippen LogP contribution in [0.25, 0.3) is 0 Å². The summed E-state index contributed by atoms with van der Waals surface area (Å²) < 4.78 is 6.03. The second-order valence-corrected chi connectivity index (χ2v) is 5.17. The molecule has 0 amide bonds. The first-order valence-electron chi connectivity index (χ1n) is 6.09. The fraction of sp³-hybridized carbons (Fsp3) is 0.0667. The van der Waals surface area contributed by atoms with Crippen molar-refractivity contribution >= 4 is 33.3 Å². The number of anilines is 1. The molecule has 108 valence electrons. The molecule has 0 heterocycles. The molecule has 6 heteroatoms. The van der Waals surface area contributed by atoms with Crippen molar-refractivity contribution in [1.82, 2.24) is 0 Å². The third kappa shape index (κ3) is 4.06. The summed E-state index contributed by atoms with van der Waals surface area (Å²) in [5.74, 6) is -0.527. The van der Waals surface area contributed by atoms with Crippen LogP contribution in [0.1, 0.15) is 15.9 Å². The zero-order valence-corrected chi connectivity index (χ0v) is 12.6. The number of oxime groups is 1. The van der Waals surface area contributed by atoms with Crippen LogP contribution in [0.15, 0.2) is 58.2 Å². The van der Waals surface area contributed by atoms with Gasteiger partial charge in [0.25, 0.3) is 0 Å². The number of rotatable bonds is 4. The van der Waals surface area contributed by atoms with Crippen molar-refractivity contribution in [3.05, 3.63) is 64.1 Å². The van der Waals surface area contributed by atoms with Crippen molar-refractivity contribution in [2.75, 3.05) is 12.3 Å². The van der Waals surface area contributed by atoms with Crippen LogP contribution in [0.4, 0.5) is 5.69 Å². The number of nitrogens with zero attached hydrogens (tertiary/aromatic N) is 1. The lowest BCUT2D eigenvalue weighted by molar-refractivity contribution is 0.0562. The molecule has 0 unspecified atom stereocenters. The Bertz CT molecular complexity index is 669. The van der Waals surface area contributed by atoms with Crippen LogP contribution in [0, 0.1) is 0 Å². The first kappa shape index (κ1) is 15.1. The molecule has 2 aromatic rings. The highest BCUT2D eigenvalue weighted by Crippen LogP contribution is 2.12. The van der Waals surface area contributed by atoms with Crippen LogP contribution in [0.2, 0.25) is 0 Å². The second kappa shape index (κ2) is 6.90. The molecule has 0 aliphatic rings. The fourth-order valence-electron chi connectivity index (χ4n) is 1.70. The topological polar surface area (TPSA) is 84.9 Å². The van der Waals surface area contributed by atoms with Gasteiger partial charge < -0.3 is 15.7 Å². The Hall–Kier alpha value is -2.34. The predicted molar refractivity (Wildman–Crippen MR) is 83.6 cm³/mol. The average Bonchev–Trinajstić information content (AvgIpc) is 2.49. The second-order valence-electron chi connectivity index (χ2n) is 4.26. The molecular formula is C15H13BrN2O3. The smallest absolute Gasteiger partial charge is 0.338 e. The molecule has 0 saturated heterocycles. The number of hydrogen-bond donors (Lipinski definition) is 2. The van der Waals surface area contributed by atoms with E-state index in [0.29, 0.717) is 16.8 Å². The number of nitrogen functional groups attached to an aromatic ring is 1. The third-order valence-corrected chi connectivity index (χ3v) is 3.29. The van der Waals surface area contributed by atoms with Crippen LogP contribution in [-0.2, 0) is 4.74 Å². The maximum atomic E-state index is 11.9. The molecule has 2 rings (SSSR count). The molecule has 0 atom stereocenters. The molecule has 3 N–H and O–H groups in total. The quantitative estimate of drug-likeness (QED) is 0.292. The Morgan fingerprint density at radius 3 is 2.52 bits per heavy atom. The highest BCUT2D eigenvalue weighted by molar-refractivity contribution is 9.10. The highest BCUT2D eigenvalue weighted by atomic mass is 79.9. The Labute approximate surface area is 130 Å². The first-order valence-corrected chi connectivity index (χ1v) is 6.89. The minimum Gasteiger partial charge on any atom is -0.455 e. The molecule has 0 spiro atoms. The van der Waals surface area contributed by atoms with Crippen LogP contribution in [0.3, 0.4) is 0 Å². The lowest BCUT2D eigenvalue weighted by Crippen LogP contribution is -2.15. The molecule has 21 heavy (non-hydrogen) atoms. The molecular weight excluding hydrogens is 336 g/mol. The normalized spacial score (nSPS) is 11.2. The van der Waals surface area contributed by atoms with E-state index >= 15 is 0 Å². The van der Waals surface area contributed by atoms with E-state index in [1.807, 2.05) is 0 Å². The molecule has 0 bridgehead atoms. The fourth-order valence-corrected chi connectivity index (χ4v) is 1.96. The van der Waals surface area contributed by atoms with E-state index in [2.05, 4.69) is 21.1 Å².